The monoisotopic (exact) mass is 376 g/mol. The van der Waals surface area contributed by atoms with Gasteiger partial charge in [-0.3, -0.25) is 0 Å². The first-order valence-corrected chi connectivity index (χ1v) is 10.00. The summed E-state index contributed by atoms with van der Waals surface area (Å²) >= 11 is 0. The number of unbranched alkanes of at least 4 members (excludes halogenated alkanes) is 2. The predicted molar refractivity (Wildman–Crippen MR) is 101 cm³/mol. The summed E-state index contributed by atoms with van der Waals surface area (Å²) in [6.45, 7) is 6.97. The molecule has 1 fully saturated rings. The Kier molecular flexibility index (Phi) is 7.02. The van der Waals surface area contributed by atoms with E-state index < -0.39 is 18.1 Å². The van der Waals surface area contributed by atoms with Crippen molar-refractivity contribution in [3.8, 4) is 0 Å². The summed E-state index contributed by atoms with van der Waals surface area (Å²) in [7, 11) is 0. The summed E-state index contributed by atoms with van der Waals surface area (Å²) in [5, 5.41) is 0. The van der Waals surface area contributed by atoms with Crippen molar-refractivity contribution < 1.29 is 23.4 Å². The van der Waals surface area contributed by atoms with Gasteiger partial charge in [-0.05, 0) is 24.8 Å². The van der Waals surface area contributed by atoms with Crippen LogP contribution in [0.5, 0.6) is 0 Å². The van der Waals surface area contributed by atoms with Gasteiger partial charge >= 0.3 is 5.97 Å². The smallest absolute Gasteiger partial charge is 0.341 e. The number of rotatable bonds is 8. The van der Waals surface area contributed by atoms with E-state index in [0.717, 1.165) is 19.3 Å². The molecule has 5 heteroatoms. The van der Waals surface area contributed by atoms with Gasteiger partial charge in [0.1, 0.15) is 11.9 Å². The number of benzene rings is 1. The van der Waals surface area contributed by atoms with Crippen LogP contribution in [0.3, 0.4) is 0 Å². The molecular formula is C22H29FO4. The summed E-state index contributed by atoms with van der Waals surface area (Å²) in [4.78, 5) is 12.3. The van der Waals surface area contributed by atoms with Crippen LogP contribution in [0.4, 0.5) is 4.39 Å². The molecule has 27 heavy (non-hydrogen) atoms. The Morgan fingerprint density at radius 3 is 2.70 bits per heavy atom. The van der Waals surface area contributed by atoms with Gasteiger partial charge in [-0.1, -0.05) is 44.4 Å². The number of halogens is 1. The first kappa shape index (κ1) is 20.0. The zero-order valence-corrected chi connectivity index (χ0v) is 16.0. The Bertz CT molecular complexity index is 665. The highest BCUT2D eigenvalue weighted by Gasteiger charge is 2.33. The van der Waals surface area contributed by atoms with E-state index >= 15 is 4.39 Å². The molecule has 1 saturated heterocycles. The number of ether oxygens (including phenoxy) is 3. The fraction of sp³-hybridized carbons (Fsp3) is 0.591. The van der Waals surface area contributed by atoms with E-state index in [2.05, 4.69) is 13.5 Å². The predicted octanol–water partition coefficient (Wildman–Crippen LogP) is 5.12. The molecule has 1 unspecified atom stereocenters. The molecule has 0 radical (unpaired) electrons. The summed E-state index contributed by atoms with van der Waals surface area (Å²) in [5.74, 6) is -0.823. The topological polar surface area (TPSA) is 44.8 Å². The van der Waals surface area contributed by atoms with Crippen LogP contribution >= 0.6 is 0 Å². The molecule has 2 heterocycles. The van der Waals surface area contributed by atoms with Gasteiger partial charge in [-0.15, -0.1) is 6.58 Å². The van der Waals surface area contributed by atoms with Crippen molar-refractivity contribution in [1.29, 1.82) is 0 Å². The van der Waals surface area contributed by atoms with Gasteiger partial charge in [0.2, 0.25) is 0 Å². The highest BCUT2D eigenvalue weighted by molar-refractivity contribution is 5.92. The number of esters is 1. The molecule has 0 saturated carbocycles. The minimum atomic E-state index is -0.760. The standard InChI is InChI=1S/C22H29FO4/c1-3-5-7-8-15-13-25-22(26-14-15)18-11-10-16-12-17(9-6-4-2)27-21(24)19(16)20(18)23/h4,10-11,15,17,22H,2-3,5-9,12-14H2,1H3. The first-order valence-electron chi connectivity index (χ1n) is 10.00. The number of hydrogen-bond acceptors (Lipinski definition) is 4. The van der Waals surface area contributed by atoms with Crippen LogP contribution < -0.4 is 0 Å². The average Bonchev–Trinajstić information content (AvgIpc) is 2.67. The molecule has 1 atom stereocenters. The molecule has 1 aromatic carbocycles. The number of fused-ring (bicyclic) bond motifs is 1. The minimum Gasteiger partial charge on any atom is -0.458 e. The number of cyclic esters (lactones) is 1. The third-order valence-electron chi connectivity index (χ3n) is 5.31. The fourth-order valence-electron chi connectivity index (χ4n) is 3.74. The maximum atomic E-state index is 15.0. The molecule has 0 bridgehead atoms. The van der Waals surface area contributed by atoms with E-state index in [1.54, 1.807) is 18.2 Å². The molecule has 2 aliphatic heterocycles. The number of allylic oxidation sites excluding steroid dienone is 1. The number of hydrogen-bond donors (Lipinski definition) is 0. The van der Waals surface area contributed by atoms with Crippen LogP contribution in [0, 0.1) is 11.7 Å². The van der Waals surface area contributed by atoms with Gasteiger partial charge in [0.05, 0.1) is 18.8 Å². The lowest BCUT2D eigenvalue weighted by Gasteiger charge is -2.31. The number of carbonyl (C=O) groups is 1. The Balaban J connectivity index is 1.66. The van der Waals surface area contributed by atoms with Crippen LogP contribution in [-0.2, 0) is 20.6 Å². The van der Waals surface area contributed by atoms with Crippen molar-refractivity contribution in [3.05, 3.63) is 47.3 Å². The van der Waals surface area contributed by atoms with Crippen molar-refractivity contribution in [2.75, 3.05) is 13.2 Å². The van der Waals surface area contributed by atoms with Crippen LogP contribution in [0.1, 0.15) is 73.2 Å². The molecule has 0 amide bonds. The Morgan fingerprint density at radius 1 is 1.22 bits per heavy atom. The van der Waals surface area contributed by atoms with Crippen LogP contribution in [0.15, 0.2) is 24.8 Å². The summed E-state index contributed by atoms with van der Waals surface area (Å²) in [6, 6.07) is 3.48. The van der Waals surface area contributed by atoms with Crippen LogP contribution in [0.2, 0.25) is 0 Å². The van der Waals surface area contributed by atoms with Gasteiger partial charge in [0, 0.05) is 17.9 Å². The van der Waals surface area contributed by atoms with Gasteiger partial charge in [0.25, 0.3) is 0 Å². The average molecular weight is 376 g/mol. The van der Waals surface area contributed by atoms with Gasteiger partial charge < -0.3 is 14.2 Å². The molecule has 0 N–H and O–H groups in total. The second kappa shape index (κ2) is 9.47. The van der Waals surface area contributed by atoms with Crippen molar-refractivity contribution in [2.24, 2.45) is 5.92 Å². The third-order valence-corrected chi connectivity index (χ3v) is 5.31. The lowest BCUT2D eigenvalue weighted by Crippen LogP contribution is -2.31. The van der Waals surface area contributed by atoms with E-state index in [1.165, 1.54) is 12.8 Å². The lowest BCUT2D eigenvalue weighted by atomic mass is 9.93. The molecule has 2 aliphatic rings. The third kappa shape index (κ3) is 4.77. The van der Waals surface area contributed by atoms with E-state index in [1.807, 2.05) is 0 Å². The molecule has 0 aromatic heterocycles. The van der Waals surface area contributed by atoms with Crippen LogP contribution in [-0.4, -0.2) is 25.3 Å². The van der Waals surface area contributed by atoms with Crippen molar-refractivity contribution >= 4 is 5.97 Å². The highest BCUT2D eigenvalue weighted by atomic mass is 19.1. The number of carbonyl (C=O) groups excluding carboxylic acids is 1. The zero-order valence-electron chi connectivity index (χ0n) is 16.0. The van der Waals surface area contributed by atoms with Crippen molar-refractivity contribution in [1.82, 2.24) is 0 Å². The normalized spacial score (nSPS) is 25.0. The molecule has 4 nitrogen and oxygen atoms in total. The highest BCUT2D eigenvalue weighted by Crippen LogP contribution is 2.33. The minimum absolute atomic E-state index is 0.0274. The molecule has 148 valence electrons. The fourth-order valence-corrected chi connectivity index (χ4v) is 3.74. The van der Waals surface area contributed by atoms with E-state index in [-0.39, 0.29) is 17.2 Å². The van der Waals surface area contributed by atoms with Gasteiger partial charge in [0.15, 0.2) is 6.29 Å². The maximum Gasteiger partial charge on any atom is 0.341 e. The van der Waals surface area contributed by atoms with Crippen LogP contribution in [0.25, 0.3) is 0 Å². The largest absolute Gasteiger partial charge is 0.458 e. The van der Waals surface area contributed by atoms with Crippen molar-refractivity contribution in [2.45, 2.75) is 64.3 Å². The van der Waals surface area contributed by atoms with Gasteiger partial charge in [-0.2, -0.15) is 0 Å². The summed E-state index contributed by atoms with van der Waals surface area (Å²) in [5.41, 5.74) is 0.997. The molecular weight excluding hydrogens is 347 g/mol. The second-order valence-corrected chi connectivity index (χ2v) is 7.46. The molecule has 0 spiro atoms. The van der Waals surface area contributed by atoms with Crippen molar-refractivity contribution in [3.63, 3.8) is 0 Å². The SMILES string of the molecule is C=CCCC1Cc2ccc(C3OCC(CCCCC)CO3)c(F)c2C(=O)O1. The maximum absolute atomic E-state index is 15.0. The summed E-state index contributed by atoms with van der Waals surface area (Å²) < 4.78 is 32.0. The van der Waals surface area contributed by atoms with Gasteiger partial charge in [-0.25, -0.2) is 9.18 Å². The quantitative estimate of drug-likeness (QED) is 0.359. The van der Waals surface area contributed by atoms with E-state index in [0.29, 0.717) is 37.5 Å². The Labute approximate surface area is 160 Å². The molecule has 1 aromatic rings. The lowest BCUT2D eigenvalue weighted by molar-refractivity contribution is -0.207. The Hall–Kier alpha value is -1.72. The van der Waals surface area contributed by atoms with E-state index in [9.17, 15) is 4.79 Å². The molecule has 3 rings (SSSR count). The second-order valence-electron chi connectivity index (χ2n) is 7.46. The van der Waals surface area contributed by atoms with E-state index in [4.69, 9.17) is 14.2 Å². The zero-order chi connectivity index (χ0) is 19.2. The Morgan fingerprint density at radius 2 is 2.00 bits per heavy atom. The molecule has 0 aliphatic carbocycles. The first-order chi connectivity index (χ1) is 13.1. The summed E-state index contributed by atoms with van der Waals surface area (Å²) in [6.07, 6.45) is 7.40.